The van der Waals surface area contributed by atoms with Gasteiger partial charge in [0.2, 0.25) is 0 Å². The number of hydrogen-bond donors (Lipinski definition) is 1. The lowest BCUT2D eigenvalue weighted by Crippen LogP contribution is -2.24. The third kappa shape index (κ3) is 2.95. The molecule has 0 saturated carbocycles. The first kappa shape index (κ1) is 12.0. The molecule has 1 rings (SSSR count). The summed E-state index contributed by atoms with van der Waals surface area (Å²) in [6, 6.07) is 5.75. The lowest BCUT2D eigenvalue weighted by Gasteiger charge is -2.05. The molecule has 0 aliphatic heterocycles. The molecule has 1 amide bonds. The fourth-order valence-electron chi connectivity index (χ4n) is 1.14. The minimum absolute atomic E-state index is 0.0212. The molecule has 1 aromatic rings. The zero-order valence-corrected chi connectivity index (χ0v) is 8.79. The first-order valence-corrected chi connectivity index (χ1v) is 4.67. The molecule has 0 bridgehead atoms. The van der Waals surface area contributed by atoms with Gasteiger partial charge in [-0.05, 0) is 18.2 Å². The van der Waals surface area contributed by atoms with E-state index in [9.17, 15) is 9.18 Å². The van der Waals surface area contributed by atoms with E-state index in [1.54, 1.807) is 0 Å². The number of ether oxygens (including phenoxy) is 1. The Labute approximate surface area is 92.6 Å². The summed E-state index contributed by atoms with van der Waals surface area (Å²) in [5, 5.41) is 10.8. The van der Waals surface area contributed by atoms with Crippen LogP contribution in [0.1, 0.15) is 16.8 Å². The van der Waals surface area contributed by atoms with E-state index >= 15 is 0 Å². The fraction of sp³-hybridized carbons (Fsp3) is 0.273. The molecule has 5 heteroatoms. The molecule has 0 heterocycles. The maximum absolute atomic E-state index is 13.0. The van der Waals surface area contributed by atoms with Crippen LogP contribution in [0.3, 0.4) is 0 Å². The summed E-state index contributed by atoms with van der Waals surface area (Å²) < 4.78 is 17.8. The van der Waals surface area contributed by atoms with E-state index in [1.165, 1.54) is 19.2 Å². The third-order valence-electron chi connectivity index (χ3n) is 1.94. The molecule has 0 saturated heterocycles. The van der Waals surface area contributed by atoms with Gasteiger partial charge in [0.1, 0.15) is 0 Å². The molecule has 0 atom stereocenters. The zero-order valence-electron chi connectivity index (χ0n) is 8.79. The minimum atomic E-state index is -0.518. The number of carbonyl (C=O) groups excluding carboxylic acids is 1. The van der Waals surface area contributed by atoms with Crippen LogP contribution < -0.4 is 10.1 Å². The predicted octanol–water partition coefficient (Wildman–Crippen LogP) is 1.48. The smallest absolute Gasteiger partial charge is 0.251 e. The molecule has 0 radical (unpaired) electrons. The number of nitrogens with zero attached hydrogens (tertiary/aromatic N) is 1. The molecule has 0 aliphatic rings. The van der Waals surface area contributed by atoms with Crippen LogP contribution in [0.25, 0.3) is 0 Å². The second-order valence-electron chi connectivity index (χ2n) is 3.01. The number of rotatable bonds is 4. The number of carbonyl (C=O) groups is 1. The lowest BCUT2D eigenvalue weighted by molar-refractivity contribution is 0.0954. The summed E-state index contributed by atoms with van der Waals surface area (Å²) in [5.74, 6) is -0.849. The van der Waals surface area contributed by atoms with Crippen molar-refractivity contribution in [1.82, 2.24) is 5.32 Å². The molecule has 84 valence electrons. The van der Waals surface area contributed by atoms with Crippen LogP contribution in [-0.4, -0.2) is 19.6 Å². The van der Waals surface area contributed by atoms with Crippen molar-refractivity contribution >= 4 is 5.91 Å². The van der Waals surface area contributed by atoms with Gasteiger partial charge in [0.25, 0.3) is 5.91 Å². The average molecular weight is 222 g/mol. The first-order valence-electron chi connectivity index (χ1n) is 4.67. The van der Waals surface area contributed by atoms with Crippen LogP contribution in [-0.2, 0) is 0 Å². The molecule has 0 aromatic heterocycles. The first-order chi connectivity index (χ1) is 7.69. The molecular weight excluding hydrogens is 211 g/mol. The highest BCUT2D eigenvalue weighted by atomic mass is 19.1. The van der Waals surface area contributed by atoms with Crippen molar-refractivity contribution < 1.29 is 13.9 Å². The van der Waals surface area contributed by atoms with E-state index in [4.69, 9.17) is 10.00 Å². The SMILES string of the molecule is COc1cc(C(=O)NCCC#N)ccc1F. The lowest BCUT2D eigenvalue weighted by atomic mass is 10.2. The Morgan fingerprint density at radius 2 is 2.38 bits per heavy atom. The van der Waals surface area contributed by atoms with E-state index < -0.39 is 5.82 Å². The normalized spacial score (nSPS) is 9.31. The van der Waals surface area contributed by atoms with Gasteiger partial charge >= 0.3 is 0 Å². The highest BCUT2D eigenvalue weighted by Crippen LogP contribution is 2.17. The molecule has 0 aliphatic carbocycles. The molecule has 16 heavy (non-hydrogen) atoms. The minimum Gasteiger partial charge on any atom is -0.494 e. The van der Waals surface area contributed by atoms with Gasteiger partial charge in [0.15, 0.2) is 11.6 Å². The van der Waals surface area contributed by atoms with Gasteiger partial charge < -0.3 is 10.1 Å². The summed E-state index contributed by atoms with van der Waals surface area (Å²) >= 11 is 0. The van der Waals surface area contributed by atoms with Gasteiger partial charge in [0, 0.05) is 12.1 Å². The third-order valence-corrected chi connectivity index (χ3v) is 1.94. The highest BCUT2D eigenvalue weighted by molar-refractivity contribution is 5.94. The van der Waals surface area contributed by atoms with Crippen LogP contribution in [0.2, 0.25) is 0 Å². The summed E-state index contributed by atoms with van der Waals surface area (Å²) in [6.45, 7) is 0.273. The van der Waals surface area contributed by atoms with Gasteiger partial charge in [-0.1, -0.05) is 0 Å². The van der Waals surface area contributed by atoms with Crippen LogP contribution in [0.5, 0.6) is 5.75 Å². The van der Waals surface area contributed by atoms with Gasteiger partial charge in [-0.2, -0.15) is 5.26 Å². The largest absolute Gasteiger partial charge is 0.494 e. The number of hydrogen-bond acceptors (Lipinski definition) is 3. The van der Waals surface area contributed by atoms with Crippen LogP contribution >= 0.6 is 0 Å². The van der Waals surface area contributed by atoms with Crippen molar-refractivity contribution in [2.24, 2.45) is 0 Å². The second-order valence-corrected chi connectivity index (χ2v) is 3.01. The number of methoxy groups -OCH3 is 1. The number of benzene rings is 1. The van der Waals surface area contributed by atoms with Crippen molar-refractivity contribution in [3.8, 4) is 11.8 Å². The topological polar surface area (TPSA) is 62.1 Å². The quantitative estimate of drug-likeness (QED) is 0.785. The maximum Gasteiger partial charge on any atom is 0.251 e. The Hall–Kier alpha value is -2.09. The van der Waals surface area contributed by atoms with Gasteiger partial charge in [-0.15, -0.1) is 0 Å². The number of halogens is 1. The highest BCUT2D eigenvalue weighted by Gasteiger charge is 2.09. The van der Waals surface area contributed by atoms with Gasteiger partial charge in [-0.25, -0.2) is 4.39 Å². The Balaban J connectivity index is 2.73. The van der Waals surface area contributed by atoms with E-state index in [0.29, 0.717) is 5.56 Å². The molecule has 0 spiro atoms. The molecule has 0 fully saturated rings. The predicted molar refractivity (Wildman–Crippen MR) is 55.5 cm³/mol. The number of nitrogens with one attached hydrogen (secondary N) is 1. The summed E-state index contributed by atoms with van der Waals surface area (Å²) in [4.78, 5) is 11.5. The Bertz CT molecular complexity index is 426. The molecule has 1 N–H and O–H groups in total. The van der Waals surface area contributed by atoms with Crippen LogP contribution in [0, 0.1) is 17.1 Å². The van der Waals surface area contributed by atoms with Crippen molar-refractivity contribution in [3.63, 3.8) is 0 Å². The number of nitriles is 1. The summed E-state index contributed by atoms with van der Waals surface area (Å²) in [5.41, 5.74) is 0.302. The van der Waals surface area contributed by atoms with Gasteiger partial charge in [0.05, 0.1) is 19.6 Å². The number of amides is 1. The molecule has 1 aromatic carbocycles. The summed E-state index contributed by atoms with van der Waals surface area (Å²) in [7, 11) is 1.33. The van der Waals surface area contributed by atoms with Crippen LogP contribution in [0.15, 0.2) is 18.2 Å². The average Bonchev–Trinajstić information content (AvgIpc) is 2.30. The molecule has 4 nitrogen and oxygen atoms in total. The Morgan fingerprint density at radius 3 is 3.00 bits per heavy atom. The Kier molecular flexibility index (Phi) is 4.28. The van der Waals surface area contributed by atoms with Crippen molar-refractivity contribution in [2.45, 2.75) is 6.42 Å². The van der Waals surface area contributed by atoms with E-state index in [0.717, 1.165) is 6.07 Å². The van der Waals surface area contributed by atoms with Crippen molar-refractivity contribution in [2.75, 3.05) is 13.7 Å². The Morgan fingerprint density at radius 1 is 1.62 bits per heavy atom. The zero-order chi connectivity index (χ0) is 12.0. The summed E-state index contributed by atoms with van der Waals surface area (Å²) in [6.07, 6.45) is 0.240. The maximum atomic E-state index is 13.0. The monoisotopic (exact) mass is 222 g/mol. The van der Waals surface area contributed by atoms with Gasteiger partial charge in [-0.3, -0.25) is 4.79 Å². The van der Waals surface area contributed by atoms with E-state index in [-0.39, 0.29) is 24.6 Å². The standard InChI is InChI=1S/C11H11FN2O2/c1-16-10-7-8(3-4-9(10)12)11(15)14-6-2-5-13/h3-4,7H,2,6H2,1H3,(H,14,15). The molecule has 0 unspecified atom stereocenters. The fourth-order valence-corrected chi connectivity index (χ4v) is 1.14. The second kappa shape index (κ2) is 5.71. The van der Waals surface area contributed by atoms with Crippen LogP contribution in [0.4, 0.5) is 4.39 Å². The van der Waals surface area contributed by atoms with Crippen molar-refractivity contribution in [3.05, 3.63) is 29.6 Å². The van der Waals surface area contributed by atoms with E-state index in [1.807, 2.05) is 6.07 Å². The van der Waals surface area contributed by atoms with Crippen molar-refractivity contribution in [1.29, 1.82) is 5.26 Å². The van der Waals surface area contributed by atoms with E-state index in [2.05, 4.69) is 5.32 Å². The molecular formula is C11H11FN2O2.